The van der Waals surface area contributed by atoms with Crippen LogP contribution < -0.4 is 5.73 Å². The molecule has 0 radical (unpaired) electrons. The molecule has 0 bridgehead atoms. The van der Waals surface area contributed by atoms with E-state index in [1.165, 1.54) is 0 Å². The molecule has 1 aromatic heterocycles. The summed E-state index contributed by atoms with van der Waals surface area (Å²) in [6.07, 6.45) is 2.24. The first-order chi connectivity index (χ1) is 7.05. The van der Waals surface area contributed by atoms with E-state index in [9.17, 15) is 8.42 Å². The first-order valence-electron chi connectivity index (χ1n) is 4.92. The Balaban J connectivity index is 2.68. The molecule has 15 heavy (non-hydrogen) atoms. The summed E-state index contributed by atoms with van der Waals surface area (Å²) in [7, 11) is -3.04. The predicted octanol–water partition coefficient (Wildman–Crippen LogP) is 0.906. The van der Waals surface area contributed by atoms with Crippen LogP contribution in [0.1, 0.15) is 25.1 Å². The van der Waals surface area contributed by atoms with E-state index in [0.717, 1.165) is 0 Å². The van der Waals surface area contributed by atoms with Crippen LogP contribution in [0, 0.1) is 0 Å². The molecular formula is C10H16N2O2S. The van der Waals surface area contributed by atoms with E-state index in [2.05, 4.69) is 4.98 Å². The Kier molecular flexibility index (Phi) is 4.23. The van der Waals surface area contributed by atoms with E-state index < -0.39 is 15.9 Å². The molecule has 0 amide bonds. The smallest absolute Gasteiger partial charge is 0.152 e. The van der Waals surface area contributed by atoms with E-state index in [4.69, 9.17) is 5.73 Å². The standard InChI is InChI=1S/C10H16N2O2S/c1-2-7-15(13,14)8-9(11)10-5-3-4-6-12-10/h3-6,9H,2,7-8,11H2,1H3. The molecule has 0 saturated heterocycles. The number of hydrogen-bond acceptors (Lipinski definition) is 4. The third kappa shape index (κ3) is 3.97. The molecule has 1 rings (SSSR count). The van der Waals surface area contributed by atoms with Crippen LogP contribution in [0.5, 0.6) is 0 Å². The van der Waals surface area contributed by atoms with Crippen molar-refractivity contribution < 1.29 is 8.42 Å². The monoisotopic (exact) mass is 228 g/mol. The minimum absolute atomic E-state index is 0.0299. The zero-order chi connectivity index (χ0) is 11.3. The summed E-state index contributed by atoms with van der Waals surface area (Å²) in [5.74, 6) is 0.158. The van der Waals surface area contributed by atoms with E-state index in [0.29, 0.717) is 12.1 Å². The number of nitrogens with two attached hydrogens (primary N) is 1. The molecule has 84 valence electrons. The molecular weight excluding hydrogens is 212 g/mol. The van der Waals surface area contributed by atoms with Crippen LogP contribution in [0.25, 0.3) is 0 Å². The number of hydrogen-bond donors (Lipinski definition) is 1. The maximum Gasteiger partial charge on any atom is 0.152 e. The average molecular weight is 228 g/mol. The third-order valence-corrected chi connectivity index (χ3v) is 3.91. The quantitative estimate of drug-likeness (QED) is 0.813. The molecule has 0 spiro atoms. The van der Waals surface area contributed by atoms with Gasteiger partial charge in [0.15, 0.2) is 9.84 Å². The van der Waals surface area contributed by atoms with E-state index in [-0.39, 0.29) is 11.5 Å². The van der Waals surface area contributed by atoms with Crippen LogP contribution in [0.3, 0.4) is 0 Å². The highest BCUT2D eigenvalue weighted by Gasteiger charge is 2.17. The fourth-order valence-corrected chi connectivity index (χ4v) is 2.86. The number of aromatic nitrogens is 1. The van der Waals surface area contributed by atoms with Crippen molar-refractivity contribution in [3.63, 3.8) is 0 Å². The summed E-state index contributed by atoms with van der Waals surface area (Å²) in [6.45, 7) is 1.84. The van der Waals surface area contributed by atoms with Crippen molar-refractivity contribution >= 4 is 9.84 Å². The van der Waals surface area contributed by atoms with Gasteiger partial charge >= 0.3 is 0 Å². The highest BCUT2D eigenvalue weighted by molar-refractivity contribution is 7.91. The van der Waals surface area contributed by atoms with Crippen LogP contribution in [0.15, 0.2) is 24.4 Å². The minimum atomic E-state index is -3.04. The van der Waals surface area contributed by atoms with Gasteiger partial charge in [-0.2, -0.15) is 0 Å². The lowest BCUT2D eigenvalue weighted by molar-refractivity contribution is 0.586. The summed E-state index contributed by atoms with van der Waals surface area (Å²) in [5, 5.41) is 0. The van der Waals surface area contributed by atoms with Gasteiger partial charge in [0.2, 0.25) is 0 Å². The SMILES string of the molecule is CCCS(=O)(=O)CC(N)c1ccccn1. The molecule has 2 N–H and O–H groups in total. The Labute approximate surface area is 90.4 Å². The van der Waals surface area contributed by atoms with Crippen LogP contribution in [-0.2, 0) is 9.84 Å². The average Bonchev–Trinajstić information content (AvgIpc) is 2.18. The van der Waals surface area contributed by atoms with Gasteiger partial charge in [0, 0.05) is 11.9 Å². The zero-order valence-electron chi connectivity index (χ0n) is 8.76. The van der Waals surface area contributed by atoms with Crippen LogP contribution in [0.4, 0.5) is 0 Å². The fraction of sp³-hybridized carbons (Fsp3) is 0.500. The largest absolute Gasteiger partial charge is 0.322 e. The molecule has 0 aromatic carbocycles. The van der Waals surface area contributed by atoms with Crippen LogP contribution >= 0.6 is 0 Å². The molecule has 5 heteroatoms. The van der Waals surface area contributed by atoms with Gasteiger partial charge in [0.1, 0.15) is 0 Å². The van der Waals surface area contributed by atoms with Gasteiger partial charge in [0.25, 0.3) is 0 Å². The van der Waals surface area contributed by atoms with Crippen molar-refractivity contribution in [2.45, 2.75) is 19.4 Å². The maximum absolute atomic E-state index is 11.5. The van der Waals surface area contributed by atoms with E-state index in [1.54, 1.807) is 24.4 Å². The number of sulfone groups is 1. The Morgan fingerprint density at radius 1 is 1.47 bits per heavy atom. The van der Waals surface area contributed by atoms with Crippen molar-refractivity contribution in [3.05, 3.63) is 30.1 Å². The predicted molar refractivity (Wildman–Crippen MR) is 60.1 cm³/mol. The van der Waals surface area contributed by atoms with Gasteiger partial charge in [-0.1, -0.05) is 13.0 Å². The van der Waals surface area contributed by atoms with Crippen molar-refractivity contribution in [2.24, 2.45) is 5.73 Å². The van der Waals surface area contributed by atoms with Gasteiger partial charge in [-0.05, 0) is 18.6 Å². The first kappa shape index (κ1) is 12.1. The Bertz CT molecular complexity index is 389. The van der Waals surface area contributed by atoms with E-state index >= 15 is 0 Å². The van der Waals surface area contributed by atoms with E-state index in [1.807, 2.05) is 6.92 Å². The topological polar surface area (TPSA) is 73.0 Å². The van der Waals surface area contributed by atoms with Crippen molar-refractivity contribution in [3.8, 4) is 0 Å². The summed E-state index contributed by atoms with van der Waals surface area (Å²) >= 11 is 0. The molecule has 0 aliphatic heterocycles. The minimum Gasteiger partial charge on any atom is -0.322 e. The summed E-state index contributed by atoms with van der Waals surface area (Å²) in [4.78, 5) is 4.03. The second-order valence-electron chi connectivity index (χ2n) is 3.48. The zero-order valence-corrected chi connectivity index (χ0v) is 9.57. The highest BCUT2D eigenvalue weighted by Crippen LogP contribution is 2.09. The number of rotatable bonds is 5. The summed E-state index contributed by atoms with van der Waals surface area (Å²) in [6, 6.07) is 4.79. The van der Waals surface area contributed by atoms with Gasteiger partial charge in [-0.15, -0.1) is 0 Å². The molecule has 1 aromatic rings. The normalized spacial score (nSPS) is 13.7. The maximum atomic E-state index is 11.5. The molecule has 1 atom stereocenters. The molecule has 0 aliphatic rings. The first-order valence-corrected chi connectivity index (χ1v) is 6.74. The van der Waals surface area contributed by atoms with Crippen LogP contribution in [0.2, 0.25) is 0 Å². The molecule has 0 fully saturated rings. The lowest BCUT2D eigenvalue weighted by Gasteiger charge is -2.10. The second kappa shape index (κ2) is 5.23. The third-order valence-electron chi connectivity index (χ3n) is 2.02. The molecule has 1 heterocycles. The molecule has 0 aliphatic carbocycles. The van der Waals surface area contributed by atoms with Gasteiger partial charge in [-0.25, -0.2) is 8.42 Å². The summed E-state index contributed by atoms with van der Waals surface area (Å²) in [5.41, 5.74) is 6.39. The molecule has 4 nitrogen and oxygen atoms in total. The van der Waals surface area contributed by atoms with Crippen molar-refractivity contribution in [1.29, 1.82) is 0 Å². The van der Waals surface area contributed by atoms with Crippen molar-refractivity contribution in [2.75, 3.05) is 11.5 Å². The lowest BCUT2D eigenvalue weighted by Crippen LogP contribution is -2.24. The molecule has 0 saturated carbocycles. The van der Waals surface area contributed by atoms with Crippen molar-refractivity contribution in [1.82, 2.24) is 4.98 Å². The number of pyridine rings is 1. The Morgan fingerprint density at radius 2 is 2.20 bits per heavy atom. The Hall–Kier alpha value is -0.940. The Morgan fingerprint density at radius 3 is 2.73 bits per heavy atom. The summed E-state index contributed by atoms with van der Waals surface area (Å²) < 4.78 is 23.0. The highest BCUT2D eigenvalue weighted by atomic mass is 32.2. The van der Waals surface area contributed by atoms with Gasteiger partial charge in [0.05, 0.1) is 17.5 Å². The van der Waals surface area contributed by atoms with Gasteiger partial charge < -0.3 is 5.73 Å². The number of nitrogens with zero attached hydrogens (tertiary/aromatic N) is 1. The van der Waals surface area contributed by atoms with Gasteiger partial charge in [-0.3, -0.25) is 4.98 Å². The second-order valence-corrected chi connectivity index (χ2v) is 5.70. The molecule has 1 unspecified atom stereocenters. The lowest BCUT2D eigenvalue weighted by atomic mass is 10.2. The van der Waals surface area contributed by atoms with Crippen LogP contribution in [-0.4, -0.2) is 24.9 Å². The fourth-order valence-electron chi connectivity index (χ4n) is 1.35.